The molecule has 0 aliphatic heterocycles. The number of rotatable bonds is 21. The molecule has 4 heterocycles. The second kappa shape index (κ2) is 24.0. The van der Waals surface area contributed by atoms with E-state index < -0.39 is 0 Å². The van der Waals surface area contributed by atoms with E-state index in [0.29, 0.717) is 32.3 Å². The number of pyridine rings is 2. The van der Waals surface area contributed by atoms with Gasteiger partial charge < -0.3 is 18.9 Å². The van der Waals surface area contributed by atoms with Gasteiger partial charge in [-0.25, -0.2) is 20.2 Å². The summed E-state index contributed by atoms with van der Waals surface area (Å²) in [5.41, 5.74) is 8.42. The minimum absolute atomic E-state index is 0.403. The fraction of sp³-hybridized carbons (Fsp3) is 0.214. The molecular formula is C56H54N10O4. The van der Waals surface area contributed by atoms with Gasteiger partial charge in [0.2, 0.25) is 0 Å². The van der Waals surface area contributed by atoms with Crippen molar-refractivity contribution in [3.05, 3.63) is 215 Å². The molecule has 0 aliphatic rings. The Hall–Kier alpha value is -8.52. The molecule has 2 N–H and O–H groups in total. The van der Waals surface area contributed by atoms with Crippen molar-refractivity contribution < 1.29 is 18.9 Å². The van der Waals surface area contributed by atoms with Crippen molar-refractivity contribution >= 4 is 21.8 Å². The number of aromatic nitrogens is 10. The summed E-state index contributed by atoms with van der Waals surface area (Å²) in [6.45, 7) is 4.00. The van der Waals surface area contributed by atoms with Gasteiger partial charge in [-0.2, -0.15) is 0 Å². The summed E-state index contributed by atoms with van der Waals surface area (Å²) in [6.07, 6.45) is 5.82. The lowest BCUT2D eigenvalue weighted by Gasteiger charge is -2.13. The first kappa shape index (κ1) is 46.6. The molecule has 0 saturated heterocycles. The van der Waals surface area contributed by atoms with E-state index >= 15 is 0 Å². The van der Waals surface area contributed by atoms with Crippen LogP contribution in [0.4, 0.5) is 0 Å². The van der Waals surface area contributed by atoms with Crippen LogP contribution < -0.4 is 18.9 Å². The third-order valence-corrected chi connectivity index (χ3v) is 11.8. The SMILES string of the molecule is CC(CCc1nnn[nH]1)c1ccc(OCc2cccc(OCc3ccc4ccccc4n3)c2)cc1.c1cc(COc2ccc(CCCCc3nnn[nH]3)cc2)cc(OCc2ccc3ccccc3n2)c1. The Bertz CT molecular complexity index is 3150. The molecule has 0 amide bonds. The average Bonchev–Trinajstić information content (AvgIpc) is 4.16. The van der Waals surface area contributed by atoms with Gasteiger partial charge in [-0.05, 0) is 148 Å². The highest BCUT2D eigenvalue weighted by Gasteiger charge is 2.09. The number of ether oxygens (including phenoxy) is 4. The Morgan fingerprint density at radius 1 is 0.429 bits per heavy atom. The van der Waals surface area contributed by atoms with E-state index in [0.717, 1.165) is 117 Å². The third-order valence-electron chi connectivity index (χ3n) is 11.8. The molecule has 0 aliphatic carbocycles. The number of hydrogen-bond donors (Lipinski definition) is 2. The number of hydrogen-bond acceptors (Lipinski definition) is 12. The van der Waals surface area contributed by atoms with Crippen molar-refractivity contribution in [2.75, 3.05) is 0 Å². The molecule has 6 aromatic carbocycles. The molecular weight excluding hydrogens is 877 g/mol. The molecule has 1 atom stereocenters. The zero-order chi connectivity index (χ0) is 47.6. The fourth-order valence-corrected chi connectivity index (χ4v) is 7.83. The van der Waals surface area contributed by atoms with Crippen LogP contribution in [-0.2, 0) is 45.7 Å². The first-order valence-electron chi connectivity index (χ1n) is 23.6. The Kier molecular flexibility index (Phi) is 16.0. The topological polar surface area (TPSA) is 172 Å². The van der Waals surface area contributed by atoms with E-state index in [4.69, 9.17) is 18.9 Å². The van der Waals surface area contributed by atoms with E-state index in [1.54, 1.807) is 0 Å². The smallest absolute Gasteiger partial charge is 0.148 e. The number of unbranched alkanes of at least 4 members (excludes halogenated alkanes) is 1. The predicted octanol–water partition coefficient (Wildman–Crippen LogP) is 11.1. The molecule has 70 heavy (non-hydrogen) atoms. The number of fused-ring (bicyclic) bond motifs is 2. The highest BCUT2D eigenvalue weighted by molar-refractivity contribution is 5.79. The minimum atomic E-state index is 0.403. The molecule has 1 unspecified atom stereocenters. The van der Waals surface area contributed by atoms with Crippen LogP contribution in [0.2, 0.25) is 0 Å². The van der Waals surface area contributed by atoms with Crippen LogP contribution in [0.25, 0.3) is 21.8 Å². The number of para-hydroxylation sites is 2. The molecule has 352 valence electrons. The van der Waals surface area contributed by atoms with Gasteiger partial charge in [-0.1, -0.05) is 104 Å². The first-order chi connectivity index (χ1) is 34.5. The Morgan fingerprint density at radius 2 is 0.929 bits per heavy atom. The molecule has 0 spiro atoms. The van der Waals surface area contributed by atoms with Gasteiger partial charge >= 0.3 is 0 Å². The predicted molar refractivity (Wildman–Crippen MR) is 268 cm³/mol. The number of tetrazole rings is 2. The number of H-pyrrole nitrogens is 2. The number of aromatic amines is 2. The lowest BCUT2D eigenvalue weighted by Crippen LogP contribution is -2.00. The Balaban J connectivity index is 0.000000174. The van der Waals surface area contributed by atoms with Gasteiger partial charge in [0.15, 0.2) is 0 Å². The summed E-state index contributed by atoms with van der Waals surface area (Å²) in [4.78, 5) is 9.34. The average molecular weight is 931 g/mol. The van der Waals surface area contributed by atoms with Crippen molar-refractivity contribution in [2.24, 2.45) is 0 Å². The largest absolute Gasteiger partial charge is 0.489 e. The van der Waals surface area contributed by atoms with Gasteiger partial charge in [-0.15, -0.1) is 10.2 Å². The Morgan fingerprint density at radius 3 is 1.47 bits per heavy atom. The molecule has 0 fully saturated rings. The zero-order valence-electron chi connectivity index (χ0n) is 39.0. The number of benzene rings is 6. The minimum Gasteiger partial charge on any atom is -0.489 e. The van der Waals surface area contributed by atoms with Crippen LogP contribution in [0.3, 0.4) is 0 Å². The van der Waals surface area contributed by atoms with E-state index in [1.807, 2.05) is 121 Å². The highest BCUT2D eigenvalue weighted by atomic mass is 16.5. The molecule has 14 heteroatoms. The zero-order valence-corrected chi connectivity index (χ0v) is 39.0. The maximum absolute atomic E-state index is 6.01. The van der Waals surface area contributed by atoms with Crippen LogP contribution in [0.1, 0.15) is 77.4 Å². The van der Waals surface area contributed by atoms with Crippen molar-refractivity contribution in [3.63, 3.8) is 0 Å². The van der Waals surface area contributed by atoms with Crippen LogP contribution in [0, 0.1) is 0 Å². The van der Waals surface area contributed by atoms with Gasteiger partial charge in [0, 0.05) is 23.6 Å². The monoisotopic (exact) mass is 930 g/mol. The van der Waals surface area contributed by atoms with E-state index in [2.05, 4.69) is 107 Å². The van der Waals surface area contributed by atoms with E-state index in [-0.39, 0.29) is 0 Å². The van der Waals surface area contributed by atoms with Crippen LogP contribution in [-0.4, -0.2) is 51.2 Å². The molecule has 0 bridgehead atoms. The van der Waals surface area contributed by atoms with Crippen LogP contribution in [0.15, 0.2) is 170 Å². The quantitative estimate of drug-likeness (QED) is 0.0654. The second-order valence-corrected chi connectivity index (χ2v) is 17.0. The third kappa shape index (κ3) is 13.8. The molecule has 10 rings (SSSR count). The van der Waals surface area contributed by atoms with Crippen molar-refractivity contribution in [1.82, 2.24) is 51.2 Å². The number of aryl methyl sites for hydroxylation is 3. The standard InChI is InChI=1S/2C28H27N5O2/c1-20(9-16-28-30-32-33-31-28)22-11-14-25(15-12-22)34-18-21-5-4-7-26(17-21)35-19-24-13-10-23-6-2-3-8-27(23)29-24;1(4-11-28-30-32-33-31-28)6-21-12-16-25(17-13-21)34-19-22-7-5-9-26(18-22)35-20-24-15-14-23-8-2-3-10-27(23)29-24/h2-8,10-15,17,20H,9,16,18-19H2,1H3,(H,30,31,32,33);2-3,5,7-10,12-18H,1,4,6,11,19-20H2,(H,30,31,32,33). The van der Waals surface area contributed by atoms with Crippen molar-refractivity contribution in [2.45, 2.75) is 77.8 Å². The highest BCUT2D eigenvalue weighted by Crippen LogP contribution is 2.25. The molecule has 10 aromatic rings. The molecule has 0 radical (unpaired) electrons. The Labute approximate surface area is 406 Å². The van der Waals surface area contributed by atoms with Crippen LogP contribution in [0.5, 0.6) is 23.0 Å². The molecule has 4 aromatic heterocycles. The summed E-state index contributed by atoms with van der Waals surface area (Å²) >= 11 is 0. The van der Waals surface area contributed by atoms with Gasteiger partial charge in [0.1, 0.15) is 61.1 Å². The maximum Gasteiger partial charge on any atom is 0.148 e. The van der Waals surface area contributed by atoms with Gasteiger partial charge in [-0.3, -0.25) is 0 Å². The molecule has 14 nitrogen and oxygen atoms in total. The lowest BCUT2D eigenvalue weighted by molar-refractivity contribution is 0.293. The summed E-state index contributed by atoms with van der Waals surface area (Å²) < 4.78 is 24.0. The fourth-order valence-electron chi connectivity index (χ4n) is 7.83. The maximum atomic E-state index is 6.01. The van der Waals surface area contributed by atoms with E-state index in [1.165, 1.54) is 11.1 Å². The van der Waals surface area contributed by atoms with Crippen molar-refractivity contribution in [1.29, 1.82) is 0 Å². The van der Waals surface area contributed by atoms with E-state index in [9.17, 15) is 0 Å². The van der Waals surface area contributed by atoms with Crippen molar-refractivity contribution in [3.8, 4) is 23.0 Å². The summed E-state index contributed by atoms with van der Waals surface area (Å²) in [5, 5.41) is 30.2. The summed E-state index contributed by atoms with van der Waals surface area (Å²) in [6, 6.07) is 56.9. The molecule has 0 saturated carbocycles. The first-order valence-corrected chi connectivity index (χ1v) is 23.6. The lowest BCUT2D eigenvalue weighted by atomic mass is 9.96. The number of nitrogens with zero attached hydrogens (tertiary/aromatic N) is 8. The van der Waals surface area contributed by atoms with Crippen LogP contribution >= 0.6 is 0 Å². The number of nitrogens with one attached hydrogen (secondary N) is 2. The summed E-state index contributed by atoms with van der Waals surface area (Å²) in [7, 11) is 0. The van der Waals surface area contributed by atoms with Gasteiger partial charge in [0.25, 0.3) is 0 Å². The second-order valence-electron chi connectivity index (χ2n) is 17.0. The normalized spacial score (nSPS) is 11.4. The van der Waals surface area contributed by atoms with Gasteiger partial charge in [0.05, 0.1) is 22.4 Å². The summed E-state index contributed by atoms with van der Waals surface area (Å²) in [5.74, 6) is 5.36.